The lowest BCUT2D eigenvalue weighted by molar-refractivity contribution is -0.134. The van der Waals surface area contributed by atoms with Gasteiger partial charge in [0.1, 0.15) is 0 Å². The van der Waals surface area contributed by atoms with Crippen molar-refractivity contribution in [3.05, 3.63) is 34.9 Å². The van der Waals surface area contributed by atoms with Gasteiger partial charge in [0.2, 0.25) is 5.91 Å². The lowest BCUT2D eigenvalue weighted by Crippen LogP contribution is -2.39. The summed E-state index contributed by atoms with van der Waals surface area (Å²) >= 11 is 0. The molecule has 2 rings (SSSR count). The van der Waals surface area contributed by atoms with Crippen LogP contribution in [0, 0.1) is 19.8 Å². The Bertz CT molecular complexity index is 566. The maximum Gasteiger partial charge on any atom is 0.254 e. The summed E-state index contributed by atoms with van der Waals surface area (Å²) in [5.41, 5.74) is 2.89. The molecule has 1 heterocycles. The highest BCUT2D eigenvalue weighted by molar-refractivity contribution is 5.96. The summed E-state index contributed by atoms with van der Waals surface area (Å²) in [4.78, 5) is 28.7. The Hall–Kier alpha value is -1.84. The molecule has 22 heavy (non-hydrogen) atoms. The molecule has 2 amide bonds. The first-order chi connectivity index (χ1) is 10.4. The van der Waals surface area contributed by atoms with E-state index in [1.165, 1.54) is 0 Å². The Labute approximate surface area is 133 Å². The zero-order chi connectivity index (χ0) is 16.3. The number of amides is 2. The third-order valence-corrected chi connectivity index (χ3v) is 4.21. The topological polar surface area (TPSA) is 40.6 Å². The summed E-state index contributed by atoms with van der Waals surface area (Å²) in [6, 6.07) is 5.98. The molecule has 0 aliphatic carbocycles. The largest absolute Gasteiger partial charge is 0.341 e. The lowest BCUT2D eigenvalue weighted by Gasteiger charge is -2.24. The van der Waals surface area contributed by atoms with Gasteiger partial charge in [-0.1, -0.05) is 31.5 Å². The van der Waals surface area contributed by atoms with Gasteiger partial charge in [0.05, 0.1) is 0 Å². The summed E-state index contributed by atoms with van der Waals surface area (Å²) in [7, 11) is 0. The van der Waals surface area contributed by atoms with Gasteiger partial charge in [-0.3, -0.25) is 9.59 Å². The number of rotatable bonds is 2. The molecule has 120 valence electrons. The van der Waals surface area contributed by atoms with E-state index >= 15 is 0 Å². The first-order valence-electron chi connectivity index (χ1n) is 8.05. The number of aryl methyl sites for hydroxylation is 2. The third kappa shape index (κ3) is 3.67. The smallest absolute Gasteiger partial charge is 0.254 e. The second kappa shape index (κ2) is 6.95. The summed E-state index contributed by atoms with van der Waals surface area (Å²) in [5.74, 6) is 0.280. The molecule has 1 aromatic carbocycles. The quantitative estimate of drug-likeness (QED) is 0.842. The highest BCUT2D eigenvalue weighted by Crippen LogP contribution is 2.16. The molecule has 0 radical (unpaired) electrons. The van der Waals surface area contributed by atoms with Crippen LogP contribution in [0.25, 0.3) is 0 Å². The highest BCUT2D eigenvalue weighted by atomic mass is 16.2. The highest BCUT2D eigenvalue weighted by Gasteiger charge is 2.24. The Morgan fingerprint density at radius 3 is 2.32 bits per heavy atom. The minimum atomic E-state index is 0.0151. The molecule has 1 aliphatic rings. The van der Waals surface area contributed by atoms with Crippen LogP contribution in [0.4, 0.5) is 0 Å². The van der Waals surface area contributed by atoms with Crippen molar-refractivity contribution in [3.8, 4) is 0 Å². The fourth-order valence-electron chi connectivity index (χ4n) is 2.84. The zero-order valence-corrected chi connectivity index (χ0v) is 14.1. The van der Waals surface area contributed by atoms with E-state index in [2.05, 4.69) is 0 Å². The molecule has 4 nitrogen and oxygen atoms in total. The monoisotopic (exact) mass is 302 g/mol. The van der Waals surface area contributed by atoms with Crippen LogP contribution >= 0.6 is 0 Å². The van der Waals surface area contributed by atoms with Crippen LogP contribution in [-0.4, -0.2) is 47.8 Å². The second-order valence-electron chi connectivity index (χ2n) is 6.44. The first kappa shape index (κ1) is 16.5. The summed E-state index contributed by atoms with van der Waals surface area (Å²) in [6.07, 6.45) is 0.842. The molecule has 0 unspecified atom stereocenters. The molecule has 1 saturated heterocycles. The SMILES string of the molecule is Cc1ccc(C)c(C(=O)N2CCCN(C(=O)C(C)C)CC2)c1. The van der Waals surface area contributed by atoms with Crippen LogP contribution in [0.1, 0.15) is 41.8 Å². The first-order valence-corrected chi connectivity index (χ1v) is 8.05. The van der Waals surface area contributed by atoms with Crippen molar-refractivity contribution >= 4 is 11.8 Å². The van der Waals surface area contributed by atoms with E-state index in [1.807, 2.05) is 55.7 Å². The van der Waals surface area contributed by atoms with Crippen molar-refractivity contribution in [2.24, 2.45) is 5.92 Å². The van der Waals surface area contributed by atoms with Crippen LogP contribution in [0.5, 0.6) is 0 Å². The van der Waals surface area contributed by atoms with Crippen molar-refractivity contribution in [3.63, 3.8) is 0 Å². The predicted octanol–water partition coefficient (Wildman–Crippen LogP) is 2.63. The number of carbonyl (C=O) groups excluding carboxylic acids is 2. The van der Waals surface area contributed by atoms with Crippen molar-refractivity contribution < 1.29 is 9.59 Å². The van der Waals surface area contributed by atoms with E-state index in [4.69, 9.17) is 0 Å². The molecule has 0 atom stereocenters. The van der Waals surface area contributed by atoms with Gasteiger partial charge in [-0.15, -0.1) is 0 Å². The molecule has 1 fully saturated rings. The molecule has 0 bridgehead atoms. The molecular weight excluding hydrogens is 276 g/mol. The molecule has 0 N–H and O–H groups in total. The van der Waals surface area contributed by atoms with E-state index in [0.717, 1.165) is 29.7 Å². The Morgan fingerprint density at radius 1 is 1.00 bits per heavy atom. The summed E-state index contributed by atoms with van der Waals surface area (Å²) < 4.78 is 0. The van der Waals surface area contributed by atoms with Gasteiger partial charge in [-0.2, -0.15) is 0 Å². The molecule has 0 spiro atoms. The third-order valence-electron chi connectivity index (χ3n) is 4.21. The predicted molar refractivity (Wildman–Crippen MR) is 87.9 cm³/mol. The van der Waals surface area contributed by atoms with E-state index in [0.29, 0.717) is 19.6 Å². The molecule has 1 aliphatic heterocycles. The average molecular weight is 302 g/mol. The van der Waals surface area contributed by atoms with Gasteiger partial charge in [0.25, 0.3) is 5.91 Å². The second-order valence-corrected chi connectivity index (χ2v) is 6.44. The number of benzene rings is 1. The normalized spacial score (nSPS) is 15.9. The minimum Gasteiger partial charge on any atom is -0.341 e. The van der Waals surface area contributed by atoms with E-state index < -0.39 is 0 Å². The maximum absolute atomic E-state index is 12.8. The van der Waals surface area contributed by atoms with Gasteiger partial charge in [0, 0.05) is 37.7 Å². The van der Waals surface area contributed by atoms with Crippen molar-refractivity contribution in [1.29, 1.82) is 0 Å². The summed E-state index contributed by atoms with van der Waals surface area (Å²) in [5, 5.41) is 0. The van der Waals surface area contributed by atoms with Crippen LogP contribution in [0.3, 0.4) is 0 Å². The van der Waals surface area contributed by atoms with Gasteiger partial charge in [0.15, 0.2) is 0 Å². The van der Waals surface area contributed by atoms with Gasteiger partial charge < -0.3 is 9.80 Å². The van der Waals surface area contributed by atoms with Crippen LogP contribution in [-0.2, 0) is 4.79 Å². The molecule has 1 aromatic rings. The van der Waals surface area contributed by atoms with Crippen molar-refractivity contribution in [2.45, 2.75) is 34.1 Å². The maximum atomic E-state index is 12.8. The van der Waals surface area contributed by atoms with E-state index in [1.54, 1.807) is 0 Å². The number of hydrogen-bond donors (Lipinski definition) is 0. The Morgan fingerprint density at radius 2 is 1.64 bits per heavy atom. The fourth-order valence-corrected chi connectivity index (χ4v) is 2.84. The Balaban J connectivity index is 2.09. The van der Waals surface area contributed by atoms with Gasteiger partial charge in [-0.25, -0.2) is 0 Å². The van der Waals surface area contributed by atoms with E-state index in [-0.39, 0.29) is 17.7 Å². The standard InChI is InChI=1S/C18H26N2O2/c1-13(2)17(21)19-8-5-9-20(11-10-19)18(22)16-12-14(3)6-7-15(16)4/h6-7,12-13H,5,8-11H2,1-4H3. The van der Waals surface area contributed by atoms with Crippen LogP contribution in [0.15, 0.2) is 18.2 Å². The molecule has 0 aromatic heterocycles. The number of nitrogens with zero attached hydrogens (tertiary/aromatic N) is 2. The fraction of sp³-hybridized carbons (Fsp3) is 0.556. The molecular formula is C18H26N2O2. The lowest BCUT2D eigenvalue weighted by atomic mass is 10.0. The van der Waals surface area contributed by atoms with Crippen LogP contribution < -0.4 is 0 Å². The molecule has 0 saturated carbocycles. The summed E-state index contributed by atoms with van der Waals surface area (Å²) in [6.45, 7) is 10.5. The average Bonchev–Trinajstić information content (AvgIpc) is 2.74. The van der Waals surface area contributed by atoms with Crippen molar-refractivity contribution in [2.75, 3.05) is 26.2 Å². The van der Waals surface area contributed by atoms with Gasteiger partial charge in [-0.05, 0) is 31.9 Å². The zero-order valence-electron chi connectivity index (χ0n) is 14.1. The Kier molecular flexibility index (Phi) is 5.22. The minimum absolute atomic E-state index is 0.0151. The number of carbonyl (C=O) groups is 2. The van der Waals surface area contributed by atoms with E-state index in [9.17, 15) is 9.59 Å². The number of hydrogen-bond acceptors (Lipinski definition) is 2. The van der Waals surface area contributed by atoms with Crippen molar-refractivity contribution in [1.82, 2.24) is 9.80 Å². The van der Waals surface area contributed by atoms with Gasteiger partial charge >= 0.3 is 0 Å². The molecule has 4 heteroatoms. The van der Waals surface area contributed by atoms with Crippen LogP contribution in [0.2, 0.25) is 0 Å².